The molecule has 2 aliphatic rings. The monoisotopic (exact) mass is 364 g/mol. The van der Waals surface area contributed by atoms with Gasteiger partial charge in [-0.3, -0.25) is 9.89 Å². The summed E-state index contributed by atoms with van der Waals surface area (Å²) in [5.41, 5.74) is 0.0238. The summed E-state index contributed by atoms with van der Waals surface area (Å²) in [5, 5.41) is 9.88. The molecule has 0 radical (unpaired) electrons. The van der Waals surface area contributed by atoms with Gasteiger partial charge in [-0.05, 0) is 43.6 Å². The molecule has 0 bridgehead atoms. The molecule has 25 heavy (non-hydrogen) atoms. The van der Waals surface area contributed by atoms with E-state index >= 15 is 0 Å². The maximum absolute atomic E-state index is 13.8. The van der Waals surface area contributed by atoms with Crippen molar-refractivity contribution < 1.29 is 13.6 Å². The minimum Gasteiger partial charge on any atom is -0.354 e. The molecular formula is C17H18F2N4OS. The molecule has 2 atom stereocenters. The molecule has 1 amide bonds. The summed E-state index contributed by atoms with van der Waals surface area (Å²) in [6.45, 7) is 0.952. The Labute approximate surface area is 148 Å². The molecule has 1 heterocycles. The first-order valence-corrected chi connectivity index (χ1v) is 8.84. The summed E-state index contributed by atoms with van der Waals surface area (Å²) >= 11 is 5.22. The first kappa shape index (κ1) is 16.4. The third kappa shape index (κ3) is 3.22. The molecule has 2 aliphatic carbocycles. The van der Waals surface area contributed by atoms with Crippen molar-refractivity contribution in [2.24, 2.45) is 5.92 Å². The van der Waals surface area contributed by atoms with Crippen LogP contribution < -0.4 is 5.32 Å². The average Bonchev–Trinajstić information content (AvgIpc) is 3.48. The fourth-order valence-corrected chi connectivity index (χ4v) is 3.52. The number of carbonyl (C=O) groups is 1. The molecule has 2 fully saturated rings. The molecule has 1 aromatic heterocycles. The van der Waals surface area contributed by atoms with Crippen LogP contribution in [0, 0.1) is 22.3 Å². The van der Waals surface area contributed by atoms with Crippen molar-refractivity contribution in [3.63, 3.8) is 0 Å². The zero-order valence-electron chi connectivity index (χ0n) is 13.5. The van der Waals surface area contributed by atoms with E-state index < -0.39 is 11.6 Å². The highest BCUT2D eigenvalue weighted by molar-refractivity contribution is 7.71. The van der Waals surface area contributed by atoms with Gasteiger partial charge in [-0.25, -0.2) is 8.78 Å². The topological polar surface area (TPSA) is 62.7 Å². The lowest BCUT2D eigenvalue weighted by Crippen LogP contribution is -2.29. The number of H-pyrrole nitrogens is 1. The molecule has 2 aromatic rings. The van der Waals surface area contributed by atoms with Crippen LogP contribution in [0.4, 0.5) is 8.78 Å². The number of hydrogen-bond donors (Lipinski definition) is 2. The molecule has 2 N–H and O–H groups in total. The molecule has 4 rings (SSSR count). The normalized spacial score (nSPS) is 22.0. The molecule has 8 heteroatoms. The number of halogens is 2. The summed E-state index contributed by atoms with van der Waals surface area (Å²) in [6, 6.07) is 3.79. The lowest BCUT2D eigenvalue weighted by Gasteiger charge is -2.08. The van der Waals surface area contributed by atoms with E-state index in [-0.39, 0.29) is 23.3 Å². The van der Waals surface area contributed by atoms with E-state index in [0.29, 0.717) is 30.2 Å². The van der Waals surface area contributed by atoms with Crippen molar-refractivity contribution in [1.82, 2.24) is 20.1 Å². The molecule has 0 spiro atoms. The van der Waals surface area contributed by atoms with Crippen LogP contribution in [0.1, 0.15) is 42.5 Å². The summed E-state index contributed by atoms with van der Waals surface area (Å²) in [5.74, 6) is -0.683. The quantitative estimate of drug-likeness (QED) is 0.775. The van der Waals surface area contributed by atoms with Gasteiger partial charge in [0.05, 0.1) is 0 Å². The third-order valence-electron chi connectivity index (χ3n) is 4.86. The van der Waals surface area contributed by atoms with Gasteiger partial charge in [0, 0.05) is 36.4 Å². The molecule has 0 saturated heterocycles. The highest BCUT2D eigenvalue weighted by atomic mass is 32.1. The Bertz CT molecular complexity index is 854. The van der Waals surface area contributed by atoms with Gasteiger partial charge in [-0.1, -0.05) is 6.07 Å². The highest BCUT2D eigenvalue weighted by Gasteiger charge is 2.46. The van der Waals surface area contributed by atoms with Gasteiger partial charge in [-0.2, -0.15) is 5.10 Å². The van der Waals surface area contributed by atoms with E-state index in [1.165, 1.54) is 18.2 Å². The molecular weight excluding hydrogens is 346 g/mol. The Morgan fingerprint density at radius 3 is 2.76 bits per heavy atom. The SMILES string of the molecule is O=C(NCCn1c(C2CC2)n[nH]c1=S)[C@H]1C[C@@H]1c1c(F)cccc1F. The van der Waals surface area contributed by atoms with Gasteiger partial charge >= 0.3 is 0 Å². The van der Waals surface area contributed by atoms with Gasteiger partial charge in [0.15, 0.2) is 4.77 Å². The fraction of sp³-hybridized carbons (Fsp3) is 0.471. The second-order valence-electron chi connectivity index (χ2n) is 6.69. The first-order chi connectivity index (χ1) is 12.1. The maximum Gasteiger partial charge on any atom is 0.223 e. The zero-order valence-corrected chi connectivity index (χ0v) is 14.3. The molecule has 0 aliphatic heterocycles. The lowest BCUT2D eigenvalue weighted by molar-refractivity contribution is -0.122. The Hall–Kier alpha value is -2.09. The van der Waals surface area contributed by atoms with E-state index in [1.54, 1.807) is 0 Å². The lowest BCUT2D eigenvalue weighted by atomic mass is 10.1. The van der Waals surface area contributed by atoms with Crippen LogP contribution >= 0.6 is 12.2 Å². The molecule has 132 valence electrons. The number of hydrogen-bond acceptors (Lipinski definition) is 3. The summed E-state index contributed by atoms with van der Waals surface area (Å²) in [7, 11) is 0. The van der Waals surface area contributed by atoms with Crippen molar-refractivity contribution in [1.29, 1.82) is 0 Å². The van der Waals surface area contributed by atoms with E-state index in [0.717, 1.165) is 18.7 Å². The van der Waals surface area contributed by atoms with E-state index in [4.69, 9.17) is 12.2 Å². The number of carbonyl (C=O) groups excluding carboxylic acids is 1. The van der Waals surface area contributed by atoms with Crippen molar-refractivity contribution in [3.8, 4) is 0 Å². The minimum atomic E-state index is -0.584. The number of nitrogens with zero attached hydrogens (tertiary/aromatic N) is 2. The number of nitrogens with one attached hydrogen (secondary N) is 2. The van der Waals surface area contributed by atoms with E-state index in [9.17, 15) is 13.6 Å². The predicted octanol–water partition coefficient (Wildman–Crippen LogP) is 3.02. The number of benzene rings is 1. The Kier molecular flexibility index (Phi) is 4.15. The highest BCUT2D eigenvalue weighted by Crippen LogP contribution is 2.49. The van der Waals surface area contributed by atoms with Crippen molar-refractivity contribution in [2.45, 2.75) is 37.6 Å². The zero-order chi connectivity index (χ0) is 17.6. The van der Waals surface area contributed by atoms with Gasteiger partial charge in [-0.15, -0.1) is 0 Å². The summed E-state index contributed by atoms with van der Waals surface area (Å²) in [6.07, 6.45) is 2.70. The Morgan fingerprint density at radius 1 is 1.36 bits per heavy atom. The largest absolute Gasteiger partial charge is 0.354 e. The number of rotatable bonds is 6. The summed E-state index contributed by atoms with van der Waals surface area (Å²) < 4.78 is 30.0. The van der Waals surface area contributed by atoms with Crippen LogP contribution in [-0.2, 0) is 11.3 Å². The second-order valence-corrected chi connectivity index (χ2v) is 7.07. The van der Waals surface area contributed by atoms with Gasteiger partial charge in [0.25, 0.3) is 0 Å². The van der Waals surface area contributed by atoms with Crippen LogP contribution in [0.2, 0.25) is 0 Å². The van der Waals surface area contributed by atoms with Gasteiger partial charge in [0.2, 0.25) is 5.91 Å². The van der Waals surface area contributed by atoms with Gasteiger partial charge in [0.1, 0.15) is 17.5 Å². The number of aromatic amines is 1. The third-order valence-corrected chi connectivity index (χ3v) is 5.17. The Balaban J connectivity index is 1.34. The fourth-order valence-electron chi connectivity index (χ4n) is 3.29. The number of amides is 1. The summed E-state index contributed by atoms with van der Waals surface area (Å²) in [4.78, 5) is 12.2. The maximum atomic E-state index is 13.8. The van der Waals surface area contributed by atoms with E-state index in [1.807, 2.05) is 4.57 Å². The van der Waals surface area contributed by atoms with Crippen molar-refractivity contribution in [2.75, 3.05) is 6.54 Å². The van der Waals surface area contributed by atoms with Crippen LogP contribution in [0.3, 0.4) is 0 Å². The smallest absolute Gasteiger partial charge is 0.223 e. The molecule has 5 nitrogen and oxygen atoms in total. The van der Waals surface area contributed by atoms with Crippen molar-refractivity contribution >= 4 is 18.1 Å². The number of aromatic nitrogens is 3. The van der Waals surface area contributed by atoms with Crippen LogP contribution in [0.25, 0.3) is 0 Å². The molecule has 1 aromatic carbocycles. The van der Waals surface area contributed by atoms with Crippen LogP contribution in [-0.4, -0.2) is 27.2 Å². The van der Waals surface area contributed by atoms with Gasteiger partial charge < -0.3 is 9.88 Å². The first-order valence-electron chi connectivity index (χ1n) is 8.43. The second kappa shape index (κ2) is 6.33. The minimum absolute atomic E-state index is 0.0238. The van der Waals surface area contributed by atoms with Crippen LogP contribution in [0.5, 0.6) is 0 Å². The predicted molar refractivity (Wildman–Crippen MR) is 89.6 cm³/mol. The average molecular weight is 364 g/mol. The van der Waals surface area contributed by atoms with Crippen molar-refractivity contribution in [3.05, 3.63) is 46.0 Å². The Morgan fingerprint density at radius 2 is 2.08 bits per heavy atom. The van der Waals surface area contributed by atoms with E-state index in [2.05, 4.69) is 15.5 Å². The molecule has 0 unspecified atom stereocenters. The van der Waals surface area contributed by atoms with Crippen LogP contribution in [0.15, 0.2) is 18.2 Å². The molecule has 2 saturated carbocycles. The standard InChI is InChI=1S/C17H18F2N4OS/c18-12-2-1-3-13(19)14(12)10-8-11(10)16(24)20-6-7-23-15(9-4-5-9)21-22-17(23)25/h1-3,9-11H,4-8H2,(H,20,24)(H,22,25)/t10-,11-/m0/s1.